The maximum Gasteiger partial charge on any atom is 0.104 e. The van der Waals surface area contributed by atoms with Crippen LogP contribution in [-0.2, 0) is 9.47 Å². The molecule has 0 aromatic rings. The summed E-state index contributed by atoms with van der Waals surface area (Å²) >= 11 is 0. The molecule has 3 fully saturated rings. The molecule has 4 nitrogen and oxygen atoms in total. The molecule has 2 heterocycles. The summed E-state index contributed by atoms with van der Waals surface area (Å²) in [6, 6.07) is 0.334. The average molecular weight is 226 g/mol. The number of rotatable bonds is 2. The van der Waals surface area contributed by atoms with Gasteiger partial charge in [-0.05, 0) is 44.2 Å². The first-order valence-corrected chi connectivity index (χ1v) is 6.48. The SMILES string of the molecule is N[C@@H]1C[C@H](OC2COC2)CC12CCNCC2. The number of nitrogens with two attached hydrogens (primary N) is 1. The zero-order valence-electron chi connectivity index (χ0n) is 9.78. The summed E-state index contributed by atoms with van der Waals surface area (Å²) in [4.78, 5) is 0. The van der Waals surface area contributed by atoms with E-state index in [-0.39, 0.29) is 0 Å². The Bertz CT molecular complexity index is 249. The van der Waals surface area contributed by atoms with Crippen LogP contribution in [0.1, 0.15) is 25.7 Å². The zero-order valence-corrected chi connectivity index (χ0v) is 9.78. The molecular weight excluding hydrogens is 204 g/mol. The summed E-state index contributed by atoms with van der Waals surface area (Å²) < 4.78 is 11.2. The highest BCUT2D eigenvalue weighted by Crippen LogP contribution is 2.45. The third kappa shape index (κ3) is 1.88. The van der Waals surface area contributed by atoms with Gasteiger partial charge in [0.15, 0.2) is 0 Å². The Balaban J connectivity index is 1.59. The number of hydrogen-bond acceptors (Lipinski definition) is 4. The van der Waals surface area contributed by atoms with Crippen molar-refractivity contribution in [2.24, 2.45) is 11.1 Å². The van der Waals surface area contributed by atoms with Gasteiger partial charge in [0.2, 0.25) is 0 Å². The van der Waals surface area contributed by atoms with E-state index in [9.17, 15) is 0 Å². The summed E-state index contributed by atoms with van der Waals surface area (Å²) in [5.41, 5.74) is 6.69. The van der Waals surface area contributed by atoms with Gasteiger partial charge in [0.25, 0.3) is 0 Å². The Morgan fingerprint density at radius 2 is 1.94 bits per heavy atom. The van der Waals surface area contributed by atoms with Crippen molar-refractivity contribution in [1.82, 2.24) is 5.32 Å². The van der Waals surface area contributed by atoms with Gasteiger partial charge in [-0.15, -0.1) is 0 Å². The van der Waals surface area contributed by atoms with Crippen LogP contribution in [0, 0.1) is 5.41 Å². The van der Waals surface area contributed by atoms with Crippen LogP contribution in [-0.4, -0.2) is 44.6 Å². The Kier molecular flexibility index (Phi) is 2.92. The van der Waals surface area contributed by atoms with E-state index in [1.165, 1.54) is 12.8 Å². The van der Waals surface area contributed by atoms with Crippen LogP contribution in [0.4, 0.5) is 0 Å². The average Bonchev–Trinajstić information content (AvgIpc) is 2.51. The van der Waals surface area contributed by atoms with E-state index in [0.29, 0.717) is 23.7 Å². The van der Waals surface area contributed by atoms with Gasteiger partial charge in [-0.3, -0.25) is 0 Å². The quantitative estimate of drug-likeness (QED) is 0.709. The summed E-state index contributed by atoms with van der Waals surface area (Å²) in [7, 11) is 0. The van der Waals surface area contributed by atoms with Crippen LogP contribution in [0.5, 0.6) is 0 Å². The van der Waals surface area contributed by atoms with Crippen molar-refractivity contribution in [3.05, 3.63) is 0 Å². The van der Waals surface area contributed by atoms with Crippen LogP contribution >= 0.6 is 0 Å². The number of hydrogen-bond donors (Lipinski definition) is 2. The van der Waals surface area contributed by atoms with Gasteiger partial charge < -0.3 is 20.5 Å². The Morgan fingerprint density at radius 3 is 2.56 bits per heavy atom. The molecule has 2 aliphatic heterocycles. The second-order valence-electron chi connectivity index (χ2n) is 5.58. The number of piperidine rings is 1. The second kappa shape index (κ2) is 4.26. The van der Waals surface area contributed by atoms with Crippen molar-refractivity contribution in [2.45, 2.75) is 43.9 Å². The maximum atomic E-state index is 6.33. The zero-order chi connectivity index (χ0) is 11.0. The predicted molar refractivity (Wildman–Crippen MR) is 61.2 cm³/mol. The van der Waals surface area contributed by atoms with Crippen molar-refractivity contribution in [1.29, 1.82) is 0 Å². The van der Waals surface area contributed by atoms with E-state index >= 15 is 0 Å². The molecule has 3 N–H and O–H groups in total. The molecule has 0 unspecified atom stereocenters. The van der Waals surface area contributed by atoms with Crippen LogP contribution in [0.15, 0.2) is 0 Å². The van der Waals surface area contributed by atoms with Gasteiger partial charge in [-0.25, -0.2) is 0 Å². The van der Waals surface area contributed by atoms with E-state index < -0.39 is 0 Å². The lowest BCUT2D eigenvalue weighted by atomic mass is 9.75. The number of nitrogens with one attached hydrogen (secondary N) is 1. The standard InChI is InChI=1S/C12H22N2O2/c13-11-5-9(16-10-7-15-8-10)6-12(11)1-3-14-4-2-12/h9-11,14H,1-8,13H2/t9-,11+/m0/s1. The highest BCUT2D eigenvalue weighted by Gasteiger charge is 2.47. The summed E-state index contributed by atoms with van der Waals surface area (Å²) in [5.74, 6) is 0. The van der Waals surface area contributed by atoms with E-state index in [0.717, 1.165) is 39.1 Å². The second-order valence-corrected chi connectivity index (χ2v) is 5.58. The van der Waals surface area contributed by atoms with Crippen LogP contribution < -0.4 is 11.1 Å². The van der Waals surface area contributed by atoms with Crippen LogP contribution in [0.25, 0.3) is 0 Å². The molecule has 4 heteroatoms. The highest BCUT2D eigenvalue weighted by molar-refractivity contribution is 5.01. The fourth-order valence-corrected chi connectivity index (χ4v) is 3.39. The summed E-state index contributed by atoms with van der Waals surface area (Å²) in [6.07, 6.45) is 5.35. The third-order valence-electron chi connectivity index (χ3n) is 4.53. The molecule has 3 aliphatic rings. The van der Waals surface area contributed by atoms with E-state index in [1.54, 1.807) is 0 Å². The molecule has 0 amide bonds. The molecule has 3 rings (SSSR count). The lowest BCUT2D eigenvalue weighted by molar-refractivity contribution is -0.154. The molecule has 16 heavy (non-hydrogen) atoms. The normalized spacial score (nSPS) is 38.8. The van der Waals surface area contributed by atoms with Crippen LogP contribution in [0.3, 0.4) is 0 Å². The van der Waals surface area contributed by atoms with Crippen molar-refractivity contribution in [2.75, 3.05) is 26.3 Å². The maximum absolute atomic E-state index is 6.33. The first kappa shape index (κ1) is 11.0. The Hall–Kier alpha value is -0.160. The van der Waals surface area contributed by atoms with Gasteiger partial charge in [0.05, 0.1) is 19.3 Å². The summed E-state index contributed by atoms with van der Waals surface area (Å²) in [5, 5.41) is 3.42. The third-order valence-corrected chi connectivity index (χ3v) is 4.53. The molecule has 0 aromatic heterocycles. The first-order chi connectivity index (χ1) is 7.78. The Morgan fingerprint density at radius 1 is 1.19 bits per heavy atom. The van der Waals surface area contributed by atoms with E-state index in [4.69, 9.17) is 15.2 Å². The molecule has 0 bridgehead atoms. The molecule has 0 aromatic carbocycles. The predicted octanol–water partition coefficient (Wildman–Crippen LogP) is 0.261. The van der Waals surface area contributed by atoms with Crippen LogP contribution in [0.2, 0.25) is 0 Å². The van der Waals surface area contributed by atoms with Crippen molar-refractivity contribution in [3.8, 4) is 0 Å². The van der Waals surface area contributed by atoms with Gasteiger partial charge >= 0.3 is 0 Å². The molecule has 0 radical (unpaired) electrons. The first-order valence-electron chi connectivity index (χ1n) is 6.48. The van der Waals surface area contributed by atoms with E-state index in [1.807, 2.05) is 0 Å². The minimum Gasteiger partial charge on any atom is -0.376 e. The highest BCUT2D eigenvalue weighted by atomic mass is 16.6. The van der Waals surface area contributed by atoms with Gasteiger partial charge in [0.1, 0.15) is 6.10 Å². The molecule has 1 spiro atoms. The van der Waals surface area contributed by atoms with Crippen molar-refractivity contribution < 1.29 is 9.47 Å². The fraction of sp³-hybridized carbons (Fsp3) is 1.00. The smallest absolute Gasteiger partial charge is 0.104 e. The monoisotopic (exact) mass is 226 g/mol. The molecule has 1 saturated carbocycles. The van der Waals surface area contributed by atoms with Gasteiger partial charge in [-0.1, -0.05) is 0 Å². The fourth-order valence-electron chi connectivity index (χ4n) is 3.39. The number of ether oxygens (including phenoxy) is 2. The molecular formula is C12H22N2O2. The largest absolute Gasteiger partial charge is 0.376 e. The minimum atomic E-state index is 0.334. The molecule has 1 aliphatic carbocycles. The summed E-state index contributed by atoms with van der Waals surface area (Å²) in [6.45, 7) is 3.79. The van der Waals surface area contributed by atoms with Crippen molar-refractivity contribution in [3.63, 3.8) is 0 Å². The molecule has 92 valence electrons. The molecule has 2 saturated heterocycles. The Labute approximate surface area is 96.9 Å². The van der Waals surface area contributed by atoms with Gasteiger partial charge in [-0.2, -0.15) is 0 Å². The van der Waals surface area contributed by atoms with Gasteiger partial charge in [0, 0.05) is 6.04 Å². The minimum absolute atomic E-state index is 0.334. The van der Waals surface area contributed by atoms with E-state index in [2.05, 4.69) is 5.32 Å². The van der Waals surface area contributed by atoms with Crippen molar-refractivity contribution >= 4 is 0 Å². The molecule has 2 atom stereocenters. The topological polar surface area (TPSA) is 56.5 Å². The lowest BCUT2D eigenvalue weighted by Gasteiger charge is -2.37. The lowest BCUT2D eigenvalue weighted by Crippen LogP contribution is -2.45.